The van der Waals surface area contributed by atoms with Crippen molar-refractivity contribution in [1.82, 2.24) is 9.38 Å². The van der Waals surface area contributed by atoms with Gasteiger partial charge in [0.05, 0.1) is 5.69 Å². The number of rotatable bonds is 8. The smallest absolute Gasteiger partial charge is 0.151 e. The maximum atomic E-state index is 6.21. The number of imidazole rings is 1. The van der Waals surface area contributed by atoms with Crippen molar-refractivity contribution in [2.24, 2.45) is 5.73 Å². The standard InChI is InChI=1S/C17H28N4/c1-4-10-20(11-5-2)17-15(13-14(18)6-3)21-12-8-7-9-16(21)19-17/h7-9,12,14H,4-6,10-11,13,18H2,1-3H3. The number of aromatic nitrogens is 2. The van der Waals surface area contributed by atoms with Crippen LogP contribution >= 0.6 is 0 Å². The monoisotopic (exact) mass is 288 g/mol. The number of pyridine rings is 1. The molecule has 0 bridgehead atoms. The van der Waals surface area contributed by atoms with Crippen LogP contribution in [0.4, 0.5) is 5.82 Å². The minimum atomic E-state index is 0.189. The van der Waals surface area contributed by atoms with Crippen molar-refractivity contribution < 1.29 is 0 Å². The molecule has 0 fully saturated rings. The third-order valence-electron chi connectivity index (χ3n) is 3.87. The molecule has 0 saturated heterocycles. The number of anilines is 1. The van der Waals surface area contributed by atoms with E-state index in [1.165, 1.54) is 5.69 Å². The topological polar surface area (TPSA) is 46.6 Å². The van der Waals surface area contributed by atoms with Crippen molar-refractivity contribution in [2.45, 2.75) is 52.5 Å². The first-order chi connectivity index (χ1) is 10.2. The fourth-order valence-corrected chi connectivity index (χ4v) is 2.73. The highest BCUT2D eigenvalue weighted by Crippen LogP contribution is 2.24. The van der Waals surface area contributed by atoms with Gasteiger partial charge in [0.15, 0.2) is 5.82 Å². The van der Waals surface area contributed by atoms with Gasteiger partial charge in [-0.2, -0.15) is 0 Å². The van der Waals surface area contributed by atoms with E-state index in [2.05, 4.69) is 48.4 Å². The third-order valence-corrected chi connectivity index (χ3v) is 3.87. The molecule has 2 N–H and O–H groups in total. The summed E-state index contributed by atoms with van der Waals surface area (Å²) in [5.74, 6) is 1.12. The summed E-state index contributed by atoms with van der Waals surface area (Å²) < 4.78 is 2.20. The molecule has 21 heavy (non-hydrogen) atoms. The third kappa shape index (κ3) is 3.56. The normalized spacial score (nSPS) is 12.8. The Morgan fingerprint density at radius 2 is 1.90 bits per heavy atom. The molecule has 0 aliphatic rings. The lowest BCUT2D eigenvalue weighted by Gasteiger charge is -2.23. The Labute approximate surface area is 128 Å². The van der Waals surface area contributed by atoms with E-state index in [1.54, 1.807) is 0 Å². The van der Waals surface area contributed by atoms with Crippen LogP contribution in [0.15, 0.2) is 24.4 Å². The largest absolute Gasteiger partial charge is 0.355 e. The second-order valence-electron chi connectivity index (χ2n) is 5.67. The molecule has 2 aromatic heterocycles. The molecule has 2 rings (SSSR count). The number of hydrogen-bond donors (Lipinski definition) is 1. The molecule has 2 heterocycles. The van der Waals surface area contributed by atoms with Gasteiger partial charge in [0, 0.05) is 31.7 Å². The van der Waals surface area contributed by atoms with E-state index in [0.29, 0.717) is 0 Å². The first-order valence-electron chi connectivity index (χ1n) is 8.17. The summed E-state index contributed by atoms with van der Waals surface area (Å²) in [6, 6.07) is 6.36. The van der Waals surface area contributed by atoms with Crippen molar-refractivity contribution >= 4 is 11.5 Å². The Kier molecular flexibility index (Phi) is 5.62. The van der Waals surface area contributed by atoms with Gasteiger partial charge < -0.3 is 15.0 Å². The zero-order chi connectivity index (χ0) is 15.2. The highest BCUT2D eigenvalue weighted by Gasteiger charge is 2.18. The van der Waals surface area contributed by atoms with E-state index in [9.17, 15) is 0 Å². The number of fused-ring (bicyclic) bond motifs is 1. The Hall–Kier alpha value is -1.55. The molecule has 2 aromatic rings. The van der Waals surface area contributed by atoms with E-state index < -0.39 is 0 Å². The summed E-state index contributed by atoms with van der Waals surface area (Å²) in [6.07, 6.45) is 6.22. The van der Waals surface area contributed by atoms with Crippen LogP contribution in [0.25, 0.3) is 5.65 Å². The lowest BCUT2D eigenvalue weighted by molar-refractivity contribution is 0.629. The Bertz CT molecular complexity index is 555. The van der Waals surface area contributed by atoms with Gasteiger partial charge in [0.25, 0.3) is 0 Å². The summed E-state index contributed by atoms with van der Waals surface area (Å²) in [6.45, 7) is 8.67. The van der Waals surface area contributed by atoms with E-state index in [4.69, 9.17) is 10.7 Å². The average molecular weight is 288 g/mol. The van der Waals surface area contributed by atoms with Crippen LogP contribution in [0.5, 0.6) is 0 Å². The lowest BCUT2D eigenvalue weighted by atomic mass is 10.1. The van der Waals surface area contributed by atoms with Gasteiger partial charge in [0.2, 0.25) is 0 Å². The van der Waals surface area contributed by atoms with E-state index in [1.807, 2.05) is 6.07 Å². The van der Waals surface area contributed by atoms with Crippen LogP contribution in [0.3, 0.4) is 0 Å². The Morgan fingerprint density at radius 1 is 1.19 bits per heavy atom. The zero-order valence-electron chi connectivity index (χ0n) is 13.5. The molecule has 0 saturated carbocycles. The van der Waals surface area contributed by atoms with Crippen molar-refractivity contribution in [3.05, 3.63) is 30.1 Å². The molecule has 0 radical (unpaired) electrons. The van der Waals surface area contributed by atoms with Crippen LogP contribution in [-0.2, 0) is 6.42 Å². The quantitative estimate of drug-likeness (QED) is 0.811. The summed E-state index contributed by atoms with van der Waals surface area (Å²) in [4.78, 5) is 7.28. The van der Waals surface area contributed by atoms with Gasteiger partial charge in [-0.15, -0.1) is 0 Å². The van der Waals surface area contributed by atoms with E-state index in [0.717, 1.165) is 50.2 Å². The molecular weight excluding hydrogens is 260 g/mol. The Balaban J connectivity index is 2.46. The first-order valence-corrected chi connectivity index (χ1v) is 8.17. The Morgan fingerprint density at radius 3 is 2.52 bits per heavy atom. The second kappa shape index (κ2) is 7.46. The zero-order valence-corrected chi connectivity index (χ0v) is 13.5. The van der Waals surface area contributed by atoms with Crippen LogP contribution in [0.2, 0.25) is 0 Å². The van der Waals surface area contributed by atoms with Crippen LogP contribution in [-0.4, -0.2) is 28.5 Å². The van der Waals surface area contributed by atoms with E-state index >= 15 is 0 Å². The molecule has 0 spiro atoms. The molecule has 0 amide bonds. The molecule has 4 heteroatoms. The molecule has 1 unspecified atom stereocenters. The molecule has 1 atom stereocenters. The predicted octanol–water partition coefficient (Wildman–Crippen LogP) is 3.24. The molecule has 0 aromatic carbocycles. The summed E-state index contributed by atoms with van der Waals surface area (Å²) in [5.41, 5.74) is 8.48. The maximum Gasteiger partial charge on any atom is 0.151 e. The summed E-state index contributed by atoms with van der Waals surface area (Å²) in [5, 5.41) is 0. The summed E-state index contributed by atoms with van der Waals surface area (Å²) in [7, 11) is 0. The van der Waals surface area contributed by atoms with Gasteiger partial charge >= 0.3 is 0 Å². The maximum absolute atomic E-state index is 6.21. The highest BCUT2D eigenvalue weighted by molar-refractivity contribution is 5.56. The van der Waals surface area contributed by atoms with Crippen LogP contribution in [0, 0.1) is 0 Å². The fraction of sp³-hybridized carbons (Fsp3) is 0.588. The summed E-state index contributed by atoms with van der Waals surface area (Å²) >= 11 is 0. The van der Waals surface area contributed by atoms with Crippen molar-refractivity contribution in [3.63, 3.8) is 0 Å². The van der Waals surface area contributed by atoms with Gasteiger partial charge in [-0.25, -0.2) is 4.98 Å². The number of hydrogen-bond acceptors (Lipinski definition) is 3. The van der Waals surface area contributed by atoms with Gasteiger partial charge in [0.1, 0.15) is 5.65 Å². The second-order valence-corrected chi connectivity index (χ2v) is 5.67. The lowest BCUT2D eigenvalue weighted by Crippen LogP contribution is -2.28. The molecule has 116 valence electrons. The minimum absolute atomic E-state index is 0.189. The molecule has 4 nitrogen and oxygen atoms in total. The van der Waals surface area contributed by atoms with Gasteiger partial charge in [-0.3, -0.25) is 0 Å². The highest BCUT2D eigenvalue weighted by atomic mass is 15.2. The van der Waals surface area contributed by atoms with Crippen LogP contribution < -0.4 is 10.6 Å². The fourth-order valence-electron chi connectivity index (χ4n) is 2.73. The predicted molar refractivity (Wildman–Crippen MR) is 90.0 cm³/mol. The molecule has 0 aliphatic heterocycles. The SMILES string of the molecule is CCCN(CCC)c1nc2ccccn2c1CC(N)CC. The molecular formula is C17H28N4. The minimum Gasteiger partial charge on any atom is -0.355 e. The average Bonchev–Trinajstić information content (AvgIpc) is 2.85. The van der Waals surface area contributed by atoms with E-state index in [-0.39, 0.29) is 6.04 Å². The number of nitrogens with two attached hydrogens (primary N) is 1. The van der Waals surface area contributed by atoms with Crippen molar-refractivity contribution in [2.75, 3.05) is 18.0 Å². The van der Waals surface area contributed by atoms with Crippen molar-refractivity contribution in [3.8, 4) is 0 Å². The van der Waals surface area contributed by atoms with Gasteiger partial charge in [-0.05, 0) is 31.4 Å². The number of nitrogens with zero attached hydrogens (tertiary/aromatic N) is 3. The van der Waals surface area contributed by atoms with Gasteiger partial charge in [-0.1, -0.05) is 26.8 Å². The molecule has 0 aliphatic carbocycles. The van der Waals surface area contributed by atoms with Crippen LogP contribution in [0.1, 0.15) is 45.7 Å². The first kappa shape index (κ1) is 15.8. The van der Waals surface area contributed by atoms with Crippen molar-refractivity contribution in [1.29, 1.82) is 0 Å².